The average Bonchev–Trinajstić information content (AvgIpc) is 2.50. The molecule has 0 spiro atoms. The van der Waals surface area contributed by atoms with Crippen LogP contribution < -0.4 is 0 Å². The number of esters is 1. The highest BCUT2D eigenvalue weighted by Crippen LogP contribution is 2.35. The van der Waals surface area contributed by atoms with Gasteiger partial charge in [-0.05, 0) is 18.6 Å². The summed E-state index contributed by atoms with van der Waals surface area (Å²) in [4.78, 5) is 25.7. The van der Waals surface area contributed by atoms with Crippen LogP contribution in [0, 0.1) is 0 Å². The third-order valence-corrected chi connectivity index (χ3v) is 3.59. The number of amides is 1. The van der Waals surface area contributed by atoms with Crippen molar-refractivity contribution in [2.75, 3.05) is 6.61 Å². The monoisotopic (exact) mass is 271 g/mol. The Bertz CT molecular complexity index is 552. The lowest BCUT2D eigenvalue weighted by Gasteiger charge is -2.45. The Morgan fingerprint density at radius 3 is 2.60 bits per heavy atom. The van der Waals surface area contributed by atoms with E-state index in [0.717, 1.165) is 5.56 Å². The first kappa shape index (κ1) is 14.1. The van der Waals surface area contributed by atoms with Crippen LogP contribution in [0.25, 0.3) is 0 Å². The highest BCUT2D eigenvalue weighted by Gasteiger charge is 2.48. The van der Waals surface area contributed by atoms with Crippen LogP contribution in [-0.4, -0.2) is 28.9 Å². The van der Waals surface area contributed by atoms with E-state index in [1.165, 1.54) is 17.1 Å². The number of hydrogen-bond donors (Lipinski definition) is 0. The molecule has 1 aliphatic rings. The third kappa shape index (κ3) is 2.13. The van der Waals surface area contributed by atoms with E-state index in [4.69, 9.17) is 4.74 Å². The summed E-state index contributed by atoms with van der Waals surface area (Å²) >= 11 is 0. The predicted molar refractivity (Wildman–Crippen MR) is 75.8 cm³/mol. The molecule has 0 N–H and O–H groups in total. The first-order chi connectivity index (χ1) is 9.54. The van der Waals surface area contributed by atoms with Crippen LogP contribution in [0.4, 0.5) is 0 Å². The Morgan fingerprint density at radius 1 is 1.40 bits per heavy atom. The van der Waals surface area contributed by atoms with Crippen LogP contribution in [0.2, 0.25) is 0 Å². The minimum Gasteiger partial charge on any atom is -0.461 e. The minimum atomic E-state index is -1.19. The highest BCUT2D eigenvalue weighted by molar-refractivity contribution is 5.95. The summed E-state index contributed by atoms with van der Waals surface area (Å²) in [7, 11) is 0. The largest absolute Gasteiger partial charge is 0.461 e. The number of carbonyl (C=O) groups is 2. The van der Waals surface area contributed by atoms with Crippen molar-refractivity contribution in [3.05, 3.63) is 61.2 Å². The molecule has 0 radical (unpaired) electrons. The van der Waals surface area contributed by atoms with Gasteiger partial charge >= 0.3 is 5.97 Å². The minimum absolute atomic E-state index is 0.131. The molecule has 0 aliphatic carbocycles. The SMILES string of the molecule is C=CC(=O)N1[C@H](c2ccccc2)COC(=O)[C@@]1(C)C=C. The molecule has 4 nitrogen and oxygen atoms in total. The molecule has 0 saturated carbocycles. The van der Waals surface area contributed by atoms with Gasteiger partial charge in [-0.15, -0.1) is 6.58 Å². The third-order valence-electron chi connectivity index (χ3n) is 3.59. The summed E-state index contributed by atoms with van der Waals surface area (Å²) in [6, 6.07) is 9.11. The molecule has 1 amide bonds. The first-order valence-electron chi connectivity index (χ1n) is 6.36. The van der Waals surface area contributed by atoms with Gasteiger partial charge in [0.05, 0.1) is 6.04 Å². The summed E-state index contributed by atoms with van der Waals surface area (Å²) in [5.74, 6) is -0.798. The zero-order valence-corrected chi connectivity index (χ0v) is 11.4. The fraction of sp³-hybridized carbons (Fsp3) is 0.250. The van der Waals surface area contributed by atoms with Gasteiger partial charge in [-0.3, -0.25) is 4.79 Å². The van der Waals surface area contributed by atoms with Crippen molar-refractivity contribution in [1.29, 1.82) is 0 Å². The molecule has 1 aliphatic heterocycles. The van der Waals surface area contributed by atoms with Gasteiger partial charge in [0.15, 0.2) is 5.54 Å². The zero-order chi connectivity index (χ0) is 14.8. The van der Waals surface area contributed by atoms with Gasteiger partial charge in [0.2, 0.25) is 5.91 Å². The van der Waals surface area contributed by atoms with Crippen LogP contribution in [0.15, 0.2) is 55.6 Å². The lowest BCUT2D eigenvalue weighted by atomic mass is 9.92. The number of carbonyl (C=O) groups excluding carboxylic acids is 2. The summed E-state index contributed by atoms with van der Waals surface area (Å²) in [6.45, 7) is 8.94. The Kier molecular flexibility index (Phi) is 3.74. The maximum absolute atomic E-state index is 12.2. The molecule has 1 saturated heterocycles. The molecule has 4 heteroatoms. The molecule has 0 aromatic heterocycles. The topological polar surface area (TPSA) is 46.6 Å². The second kappa shape index (κ2) is 5.33. The molecule has 0 bridgehead atoms. The predicted octanol–water partition coefficient (Wildman–Crippen LogP) is 2.24. The summed E-state index contributed by atoms with van der Waals surface area (Å²) in [6.07, 6.45) is 2.64. The first-order valence-corrected chi connectivity index (χ1v) is 6.36. The second-order valence-electron chi connectivity index (χ2n) is 4.79. The fourth-order valence-electron chi connectivity index (χ4n) is 2.38. The Balaban J connectivity index is 2.51. The number of cyclic esters (lactones) is 1. The van der Waals surface area contributed by atoms with Crippen molar-refractivity contribution in [2.24, 2.45) is 0 Å². The molecular weight excluding hydrogens is 254 g/mol. The Morgan fingerprint density at radius 2 is 2.05 bits per heavy atom. The van der Waals surface area contributed by atoms with Gasteiger partial charge in [-0.2, -0.15) is 0 Å². The molecule has 20 heavy (non-hydrogen) atoms. The Labute approximate surface area is 118 Å². The molecule has 1 aromatic rings. The lowest BCUT2D eigenvalue weighted by molar-refractivity contribution is -0.174. The van der Waals surface area contributed by atoms with Crippen LogP contribution in [0.1, 0.15) is 18.5 Å². The lowest BCUT2D eigenvalue weighted by Crippen LogP contribution is -2.60. The fourth-order valence-corrected chi connectivity index (χ4v) is 2.38. The van der Waals surface area contributed by atoms with Gasteiger partial charge in [0.1, 0.15) is 6.61 Å². The number of hydrogen-bond acceptors (Lipinski definition) is 3. The van der Waals surface area contributed by atoms with E-state index in [1.54, 1.807) is 6.92 Å². The number of benzene rings is 1. The molecule has 1 heterocycles. The summed E-state index contributed by atoms with van der Waals surface area (Å²) < 4.78 is 5.24. The molecule has 104 valence electrons. The molecule has 1 aromatic carbocycles. The zero-order valence-electron chi connectivity index (χ0n) is 11.4. The van der Waals surface area contributed by atoms with Crippen molar-refractivity contribution in [1.82, 2.24) is 4.90 Å². The standard InChI is InChI=1S/C16H17NO3/c1-4-14(18)17-13(12-9-7-6-8-10-12)11-20-15(19)16(17,3)5-2/h4-10,13H,1-2,11H2,3H3/t13-,16+/m0/s1. The average molecular weight is 271 g/mol. The number of rotatable bonds is 3. The maximum Gasteiger partial charge on any atom is 0.335 e. The van der Waals surface area contributed by atoms with Crippen LogP contribution in [0.3, 0.4) is 0 Å². The van der Waals surface area contributed by atoms with E-state index >= 15 is 0 Å². The van der Waals surface area contributed by atoms with E-state index in [9.17, 15) is 9.59 Å². The van der Waals surface area contributed by atoms with Gasteiger partial charge in [-0.1, -0.05) is 43.0 Å². The summed E-state index contributed by atoms with van der Waals surface area (Å²) in [5.41, 5.74) is -0.285. The van der Waals surface area contributed by atoms with Crippen molar-refractivity contribution in [3.8, 4) is 0 Å². The molecule has 1 fully saturated rings. The second-order valence-corrected chi connectivity index (χ2v) is 4.79. The molecule has 2 rings (SSSR count). The summed E-state index contributed by atoms with van der Waals surface area (Å²) in [5, 5.41) is 0. The van der Waals surface area contributed by atoms with Crippen molar-refractivity contribution in [2.45, 2.75) is 18.5 Å². The quantitative estimate of drug-likeness (QED) is 0.481. The number of morpholine rings is 1. The van der Waals surface area contributed by atoms with Gasteiger partial charge in [0.25, 0.3) is 0 Å². The van der Waals surface area contributed by atoms with E-state index in [-0.39, 0.29) is 18.6 Å². The van der Waals surface area contributed by atoms with E-state index in [0.29, 0.717) is 0 Å². The van der Waals surface area contributed by atoms with Gasteiger partial charge < -0.3 is 9.64 Å². The van der Waals surface area contributed by atoms with E-state index in [2.05, 4.69) is 13.2 Å². The normalized spacial score (nSPS) is 25.8. The maximum atomic E-state index is 12.2. The molecular formula is C16H17NO3. The molecule has 0 unspecified atom stereocenters. The van der Waals surface area contributed by atoms with Crippen molar-refractivity contribution >= 4 is 11.9 Å². The van der Waals surface area contributed by atoms with Crippen molar-refractivity contribution in [3.63, 3.8) is 0 Å². The van der Waals surface area contributed by atoms with Crippen LogP contribution >= 0.6 is 0 Å². The van der Waals surface area contributed by atoms with E-state index in [1.807, 2.05) is 30.3 Å². The van der Waals surface area contributed by atoms with Gasteiger partial charge in [-0.25, -0.2) is 4.79 Å². The van der Waals surface area contributed by atoms with E-state index < -0.39 is 11.5 Å². The number of nitrogens with zero attached hydrogens (tertiary/aromatic N) is 1. The Hall–Kier alpha value is -2.36. The van der Waals surface area contributed by atoms with Crippen molar-refractivity contribution < 1.29 is 14.3 Å². The highest BCUT2D eigenvalue weighted by atomic mass is 16.5. The van der Waals surface area contributed by atoms with Crippen LogP contribution in [0.5, 0.6) is 0 Å². The van der Waals surface area contributed by atoms with Crippen LogP contribution in [-0.2, 0) is 14.3 Å². The van der Waals surface area contributed by atoms with Gasteiger partial charge in [0, 0.05) is 0 Å². The smallest absolute Gasteiger partial charge is 0.335 e. The molecule has 2 atom stereocenters. The number of ether oxygens (including phenoxy) is 1.